The molecular weight excluding hydrogens is 603 g/mol. The van der Waals surface area contributed by atoms with E-state index in [4.69, 9.17) is 18.9 Å². The zero-order valence-corrected chi connectivity index (χ0v) is 25.3. The van der Waals surface area contributed by atoms with Gasteiger partial charge in [-0.3, -0.25) is 9.53 Å². The highest BCUT2D eigenvalue weighted by molar-refractivity contribution is 6.10. The molecular formula is C34H32F3N3O6. The number of esters is 1. The number of aromatic nitrogens is 1. The molecule has 5 rings (SSSR count). The Labute approximate surface area is 263 Å². The summed E-state index contributed by atoms with van der Waals surface area (Å²) in [4.78, 5) is 31.1. The van der Waals surface area contributed by atoms with E-state index in [0.717, 1.165) is 29.3 Å². The van der Waals surface area contributed by atoms with Gasteiger partial charge in [-0.25, -0.2) is 20.2 Å². The molecule has 0 radical (unpaired) electrons. The summed E-state index contributed by atoms with van der Waals surface area (Å²) in [6.45, 7) is 3.97. The van der Waals surface area contributed by atoms with Crippen molar-refractivity contribution in [3.8, 4) is 5.75 Å². The van der Waals surface area contributed by atoms with Gasteiger partial charge in [-0.1, -0.05) is 61.5 Å². The van der Waals surface area contributed by atoms with Gasteiger partial charge in [-0.05, 0) is 55.3 Å². The van der Waals surface area contributed by atoms with Crippen LogP contribution in [-0.4, -0.2) is 42.6 Å². The molecule has 9 nitrogen and oxygen atoms in total. The van der Waals surface area contributed by atoms with Crippen LogP contribution in [0, 0.1) is 6.92 Å². The first-order valence-corrected chi connectivity index (χ1v) is 14.5. The van der Waals surface area contributed by atoms with Crippen molar-refractivity contribution in [2.45, 2.75) is 45.2 Å². The van der Waals surface area contributed by atoms with E-state index in [2.05, 4.69) is 10.4 Å². The van der Waals surface area contributed by atoms with Crippen molar-refractivity contribution in [3.05, 3.63) is 107 Å². The molecule has 1 aliphatic heterocycles. The van der Waals surface area contributed by atoms with Gasteiger partial charge in [-0.2, -0.15) is 13.2 Å². The molecule has 0 saturated carbocycles. The lowest BCUT2D eigenvalue weighted by Crippen LogP contribution is -2.71. The number of cyclic esters (lactones) is 1. The normalized spacial score (nSPS) is 18.6. The molecule has 1 N–H and O–H groups in total. The Morgan fingerprint density at radius 2 is 1.83 bits per heavy atom. The second-order valence-corrected chi connectivity index (χ2v) is 10.4. The maximum Gasteiger partial charge on any atom is 0.440 e. The van der Waals surface area contributed by atoms with Crippen LogP contribution in [0.4, 0.5) is 18.9 Å². The number of pyridine rings is 1. The van der Waals surface area contributed by atoms with Crippen molar-refractivity contribution < 1.29 is 41.7 Å². The van der Waals surface area contributed by atoms with Crippen LogP contribution in [0.25, 0.3) is 17.0 Å². The molecule has 12 heteroatoms. The molecule has 2 heterocycles. The molecule has 0 spiro atoms. The standard InChI is InChI=1S/C34H32F3N3O6/c1-4-20-45-34(43-3)40(39-31(32(42)46-34)28(41)19-15-23-13-17-26(18-14-23)33(35,36)37)27-10-6-5-8-25(27)21-44-29-11-7-9-24-16-12-22(2)38-30(24)29/h5-19,31,39H,4,20-21H2,1-3H3/b19-15+. The van der Waals surface area contributed by atoms with Crippen LogP contribution in [0.2, 0.25) is 0 Å². The van der Waals surface area contributed by atoms with Crippen LogP contribution < -0.4 is 15.2 Å². The quantitative estimate of drug-likeness (QED) is 0.0876. The van der Waals surface area contributed by atoms with Gasteiger partial charge in [0.1, 0.15) is 17.9 Å². The Morgan fingerprint density at radius 3 is 2.54 bits per heavy atom. The number of carbonyl (C=O) groups excluding carboxylic acids is 2. The fourth-order valence-corrected chi connectivity index (χ4v) is 4.80. The molecule has 2 atom stereocenters. The summed E-state index contributed by atoms with van der Waals surface area (Å²) in [6.07, 6.45) is -3.59. The number of hydrogen-bond acceptors (Lipinski definition) is 9. The molecule has 1 aliphatic rings. The summed E-state index contributed by atoms with van der Waals surface area (Å²) < 4.78 is 62.3. The van der Waals surface area contributed by atoms with Gasteiger partial charge in [0.05, 0.1) is 17.9 Å². The second-order valence-electron chi connectivity index (χ2n) is 10.4. The number of nitrogens with one attached hydrogen (secondary N) is 1. The van der Waals surface area contributed by atoms with E-state index in [0.29, 0.717) is 34.5 Å². The highest BCUT2D eigenvalue weighted by atomic mass is 19.4. The number of hydrogen-bond donors (Lipinski definition) is 1. The monoisotopic (exact) mass is 635 g/mol. The Kier molecular flexibility index (Phi) is 9.71. The molecule has 1 saturated heterocycles. The number of benzene rings is 3. The van der Waals surface area contributed by atoms with E-state index in [9.17, 15) is 22.8 Å². The molecule has 1 aromatic heterocycles. The Balaban J connectivity index is 1.43. The third-order valence-corrected chi connectivity index (χ3v) is 7.14. The highest BCUT2D eigenvalue weighted by Gasteiger charge is 2.53. The van der Waals surface area contributed by atoms with Gasteiger partial charge < -0.3 is 14.2 Å². The first-order chi connectivity index (χ1) is 22.0. The van der Waals surface area contributed by atoms with E-state index >= 15 is 0 Å². The third kappa shape index (κ3) is 7.04. The number of alkyl halides is 3. The van der Waals surface area contributed by atoms with Gasteiger partial charge in [0.15, 0.2) is 11.8 Å². The average molecular weight is 636 g/mol. The predicted molar refractivity (Wildman–Crippen MR) is 164 cm³/mol. The number of nitrogens with zero attached hydrogens (tertiary/aromatic N) is 2. The number of aryl methyl sites for hydroxylation is 1. The highest BCUT2D eigenvalue weighted by Crippen LogP contribution is 2.34. The lowest BCUT2D eigenvalue weighted by Gasteiger charge is -2.46. The number of halogens is 3. The van der Waals surface area contributed by atoms with Gasteiger partial charge in [0.25, 0.3) is 0 Å². The minimum absolute atomic E-state index is 0.0665. The van der Waals surface area contributed by atoms with Crippen LogP contribution in [-0.2, 0) is 36.6 Å². The summed E-state index contributed by atoms with van der Waals surface area (Å²) in [5, 5.41) is 2.24. The second kappa shape index (κ2) is 13.7. The van der Waals surface area contributed by atoms with Crippen LogP contribution in [0.3, 0.4) is 0 Å². The smallest absolute Gasteiger partial charge is 0.440 e. The van der Waals surface area contributed by atoms with Crippen molar-refractivity contribution in [2.75, 3.05) is 18.7 Å². The van der Waals surface area contributed by atoms with Crippen LogP contribution in [0.15, 0.2) is 84.9 Å². The average Bonchev–Trinajstić information content (AvgIpc) is 3.05. The zero-order valence-electron chi connectivity index (χ0n) is 25.3. The fraction of sp³-hybridized carbons (Fsp3) is 0.265. The zero-order chi connectivity index (χ0) is 32.9. The third-order valence-electron chi connectivity index (χ3n) is 7.14. The van der Waals surface area contributed by atoms with E-state index in [1.165, 1.54) is 30.3 Å². The number of ketones is 1. The lowest BCUT2D eigenvalue weighted by molar-refractivity contribution is -0.364. The number of fused-ring (bicyclic) bond motifs is 1. The maximum absolute atomic E-state index is 13.3. The minimum atomic E-state index is -4.49. The SMILES string of the molecule is CCCOC1(OC)OC(=O)C(C(=O)/C=C/c2ccc(C(F)(F)F)cc2)NN1c1ccccc1COc1cccc2ccc(C)nc12. The summed E-state index contributed by atoms with van der Waals surface area (Å²) in [6, 6.07) is 19.3. The first-order valence-electron chi connectivity index (χ1n) is 14.5. The number of hydrazine groups is 1. The van der Waals surface area contributed by atoms with Gasteiger partial charge in [0.2, 0.25) is 0 Å². The molecule has 46 heavy (non-hydrogen) atoms. The van der Waals surface area contributed by atoms with E-state index in [1.54, 1.807) is 24.3 Å². The van der Waals surface area contributed by atoms with Crippen LogP contribution >= 0.6 is 0 Å². The largest absolute Gasteiger partial charge is 0.487 e. The fourth-order valence-electron chi connectivity index (χ4n) is 4.80. The Morgan fingerprint density at radius 1 is 1.07 bits per heavy atom. The Bertz CT molecular complexity index is 1740. The number of methoxy groups -OCH3 is 1. The van der Waals surface area contributed by atoms with Crippen LogP contribution in [0.5, 0.6) is 5.75 Å². The Hall–Kier alpha value is -4.78. The number of anilines is 1. The van der Waals surface area contributed by atoms with Gasteiger partial charge >= 0.3 is 18.2 Å². The minimum Gasteiger partial charge on any atom is -0.487 e. The number of para-hydroxylation sites is 2. The predicted octanol–water partition coefficient (Wildman–Crippen LogP) is 6.34. The molecule has 0 bridgehead atoms. The lowest BCUT2D eigenvalue weighted by atomic mass is 10.1. The van der Waals surface area contributed by atoms with Crippen molar-refractivity contribution >= 4 is 34.4 Å². The summed E-state index contributed by atoms with van der Waals surface area (Å²) in [5.41, 5.74) is 5.02. The molecule has 240 valence electrons. The maximum atomic E-state index is 13.3. The summed E-state index contributed by atoms with van der Waals surface area (Å²) in [5.74, 6) is -1.11. The molecule has 3 aromatic carbocycles. The molecule has 0 amide bonds. The topological polar surface area (TPSA) is 99.2 Å². The first kappa shape index (κ1) is 32.6. The van der Waals surface area contributed by atoms with E-state index < -0.39 is 35.6 Å². The number of carbonyl (C=O) groups is 2. The number of ether oxygens (including phenoxy) is 4. The van der Waals surface area contributed by atoms with Crippen molar-refractivity contribution in [1.29, 1.82) is 0 Å². The van der Waals surface area contributed by atoms with Crippen molar-refractivity contribution in [3.63, 3.8) is 0 Å². The van der Waals surface area contributed by atoms with Gasteiger partial charge in [-0.15, -0.1) is 0 Å². The van der Waals surface area contributed by atoms with Crippen molar-refractivity contribution in [2.24, 2.45) is 0 Å². The van der Waals surface area contributed by atoms with E-state index in [1.807, 2.05) is 44.2 Å². The summed E-state index contributed by atoms with van der Waals surface area (Å²) in [7, 11) is 1.30. The number of rotatable bonds is 11. The molecule has 0 aliphatic carbocycles. The molecule has 2 unspecified atom stereocenters. The van der Waals surface area contributed by atoms with Crippen LogP contribution in [0.1, 0.15) is 35.7 Å². The summed E-state index contributed by atoms with van der Waals surface area (Å²) >= 11 is 0. The molecule has 4 aromatic rings. The van der Waals surface area contributed by atoms with E-state index in [-0.39, 0.29) is 13.2 Å². The van der Waals surface area contributed by atoms with Gasteiger partial charge in [0, 0.05) is 23.8 Å². The van der Waals surface area contributed by atoms with Crippen molar-refractivity contribution in [1.82, 2.24) is 10.4 Å². The molecule has 1 fully saturated rings.